The van der Waals surface area contributed by atoms with Crippen molar-refractivity contribution in [1.29, 1.82) is 0 Å². The first-order chi connectivity index (χ1) is 45.3. The van der Waals surface area contributed by atoms with E-state index in [0.29, 0.717) is 31.6 Å². The Hall–Kier alpha value is -1.94. The van der Waals surface area contributed by atoms with Crippen LogP contribution in [0.1, 0.15) is 382 Å². The quantitative estimate of drug-likeness (QED) is 0.0222. The van der Waals surface area contributed by atoms with Gasteiger partial charge in [-0.3, -0.25) is 37.3 Å². The molecule has 0 spiro atoms. The minimum Gasteiger partial charge on any atom is -0.462 e. The van der Waals surface area contributed by atoms with Crippen molar-refractivity contribution >= 4 is 39.5 Å². The molecule has 0 aromatic rings. The summed E-state index contributed by atoms with van der Waals surface area (Å²) in [6.07, 6.45) is 52.1. The number of aliphatic hydroxyl groups excluding tert-OH is 1. The average molecular weight is 1380 g/mol. The van der Waals surface area contributed by atoms with Crippen LogP contribution in [0.3, 0.4) is 0 Å². The summed E-state index contributed by atoms with van der Waals surface area (Å²) in [6, 6.07) is 0. The molecule has 0 heterocycles. The smallest absolute Gasteiger partial charge is 0.462 e. The summed E-state index contributed by atoms with van der Waals surface area (Å²) in [5.41, 5.74) is 0. The Bertz CT molecular complexity index is 1840. The van der Waals surface area contributed by atoms with Gasteiger partial charge in [0.2, 0.25) is 0 Å². The Morgan fingerprint density at radius 1 is 0.309 bits per heavy atom. The highest BCUT2D eigenvalue weighted by molar-refractivity contribution is 7.47. The zero-order valence-corrected chi connectivity index (χ0v) is 63.2. The molecule has 0 rings (SSSR count). The van der Waals surface area contributed by atoms with E-state index in [-0.39, 0.29) is 25.7 Å². The summed E-state index contributed by atoms with van der Waals surface area (Å²) in [7, 11) is -9.90. The Kier molecular flexibility index (Phi) is 64.3. The maximum Gasteiger partial charge on any atom is 0.472 e. The molecule has 0 aliphatic carbocycles. The summed E-state index contributed by atoms with van der Waals surface area (Å²) >= 11 is 0. The van der Waals surface area contributed by atoms with Crippen molar-refractivity contribution in [3.8, 4) is 0 Å². The van der Waals surface area contributed by atoms with Crippen molar-refractivity contribution in [2.24, 2.45) is 17.8 Å². The fraction of sp³-hybridized carbons (Fsp3) is 0.947. The number of phosphoric acid groups is 2. The number of unbranched alkanes of at least 4 members (excludes halogenated alkanes) is 40. The molecule has 558 valence electrons. The molecule has 0 aliphatic heterocycles. The van der Waals surface area contributed by atoms with Crippen LogP contribution in [-0.2, 0) is 65.4 Å². The molecule has 0 aromatic heterocycles. The average Bonchev–Trinajstić information content (AvgIpc) is 1.92. The highest BCUT2D eigenvalue weighted by Crippen LogP contribution is 2.45. The maximum absolute atomic E-state index is 13.1. The molecule has 0 saturated heterocycles. The number of esters is 4. The molecule has 0 saturated carbocycles. The van der Waals surface area contributed by atoms with E-state index in [1.165, 1.54) is 186 Å². The first-order valence-electron chi connectivity index (χ1n) is 38.9. The van der Waals surface area contributed by atoms with Crippen molar-refractivity contribution in [3.05, 3.63) is 0 Å². The van der Waals surface area contributed by atoms with Crippen LogP contribution in [-0.4, -0.2) is 96.7 Å². The second-order valence-corrected chi connectivity index (χ2v) is 31.1. The molecule has 6 atom stereocenters. The third-order valence-corrected chi connectivity index (χ3v) is 19.6. The Balaban J connectivity index is 5.10. The van der Waals surface area contributed by atoms with E-state index >= 15 is 0 Å². The molecule has 0 bridgehead atoms. The summed E-state index contributed by atoms with van der Waals surface area (Å²) in [5, 5.41) is 10.6. The SMILES string of the molecule is CCCCCCCC(=O)OC[C@H](COP(=O)(O)OC[C@H](O)COP(=O)(O)OC[C@@H](COC(=O)CCCCCCCCCCCCCCCCCC(C)C)OC(=O)CCCCCCCCCCCCCCCCCCCCC(C)CC)OC(=O)CCCCCCCCC(C)C. The molecule has 0 aromatic carbocycles. The fourth-order valence-electron chi connectivity index (χ4n) is 11.4. The van der Waals surface area contributed by atoms with E-state index in [1.807, 2.05) is 0 Å². The van der Waals surface area contributed by atoms with Gasteiger partial charge in [-0.15, -0.1) is 0 Å². The molecule has 0 aliphatic rings. The lowest BCUT2D eigenvalue weighted by atomic mass is 9.99. The van der Waals surface area contributed by atoms with Gasteiger partial charge in [0, 0.05) is 25.7 Å². The highest BCUT2D eigenvalue weighted by Gasteiger charge is 2.30. The van der Waals surface area contributed by atoms with Crippen LogP contribution in [0.5, 0.6) is 0 Å². The van der Waals surface area contributed by atoms with Gasteiger partial charge in [0.25, 0.3) is 0 Å². The van der Waals surface area contributed by atoms with Crippen molar-refractivity contribution in [3.63, 3.8) is 0 Å². The lowest BCUT2D eigenvalue weighted by molar-refractivity contribution is -0.161. The van der Waals surface area contributed by atoms with Crippen LogP contribution in [0.2, 0.25) is 0 Å². The van der Waals surface area contributed by atoms with Gasteiger partial charge in [-0.1, -0.05) is 331 Å². The van der Waals surface area contributed by atoms with E-state index in [0.717, 1.165) is 108 Å². The highest BCUT2D eigenvalue weighted by atomic mass is 31.2. The van der Waals surface area contributed by atoms with E-state index in [9.17, 15) is 43.2 Å². The number of carbonyl (C=O) groups is 4. The number of phosphoric ester groups is 2. The van der Waals surface area contributed by atoms with Crippen LogP contribution < -0.4 is 0 Å². The molecule has 0 radical (unpaired) electrons. The Morgan fingerprint density at radius 3 is 0.809 bits per heavy atom. The predicted octanol–water partition coefficient (Wildman–Crippen LogP) is 21.8. The largest absolute Gasteiger partial charge is 0.472 e. The third-order valence-electron chi connectivity index (χ3n) is 17.7. The molecular weight excluding hydrogens is 1230 g/mol. The fourth-order valence-corrected chi connectivity index (χ4v) is 13.0. The molecule has 94 heavy (non-hydrogen) atoms. The minimum atomic E-state index is -4.95. The molecule has 3 unspecified atom stereocenters. The number of hydrogen-bond acceptors (Lipinski definition) is 15. The molecule has 17 nitrogen and oxygen atoms in total. The van der Waals surface area contributed by atoms with Crippen molar-refractivity contribution in [2.45, 2.75) is 401 Å². The predicted molar refractivity (Wildman–Crippen MR) is 381 cm³/mol. The van der Waals surface area contributed by atoms with Gasteiger partial charge in [-0.25, -0.2) is 9.13 Å². The van der Waals surface area contributed by atoms with Crippen LogP contribution in [0.15, 0.2) is 0 Å². The topological polar surface area (TPSA) is 237 Å². The third kappa shape index (κ3) is 67.3. The van der Waals surface area contributed by atoms with Crippen LogP contribution in [0, 0.1) is 17.8 Å². The zero-order chi connectivity index (χ0) is 69.4. The molecule has 0 fully saturated rings. The number of hydrogen-bond donors (Lipinski definition) is 3. The molecule has 3 N–H and O–H groups in total. The van der Waals surface area contributed by atoms with Gasteiger partial charge < -0.3 is 33.8 Å². The Labute approximate surface area is 575 Å². The zero-order valence-electron chi connectivity index (χ0n) is 61.4. The van der Waals surface area contributed by atoms with Crippen LogP contribution in [0.4, 0.5) is 0 Å². The van der Waals surface area contributed by atoms with E-state index < -0.39 is 97.5 Å². The first-order valence-corrected chi connectivity index (χ1v) is 41.9. The van der Waals surface area contributed by atoms with Crippen LogP contribution >= 0.6 is 15.6 Å². The van der Waals surface area contributed by atoms with Gasteiger partial charge in [0.1, 0.15) is 19.3 Å². The van der Waals surface area contributed by atoms with Crippen molar-refractivity contribution in [2.75, 3.05) is 39.6 Å². The number of rotatable bonds is 73. The lowest BCUT2D eigenvalue weighted by Gasteiger charge is -2.21. The Morgan fingerprint density at radius 2 is 0.543 bits per heavy atom. The standard InChI is InChI=1S/C75H146O17P2/c1-8-10-11-39-49-56-72(77)85-62-70(92-75(80)59-52-45-38-37-41-47-54-67(5)6)64-89-93(81,82)87-60-69(76)61-88-94(83,84)90-65-71(63-86-73(78)57-50-43-35-31-27-23-20-16-17-21-25-29-33-40-46-53-66(3)4)91-74(79)58-51-44-36-32-28-24-19-15-13-12-14-18-22-26-30-34-42-48-55-68(7)9-2/h66-71,76H,8-65H2,1-7H3,(H,81,82)(H,83,84)/t68?,69-,70+,71+/m0/s1. The molecular formula is C75H146O17P2. The van der Waals surface area contributed by atoms with Gasteiger partial charge in [-0.05, 0) is 43.4 Å². The van der Waals surface area contributed by atoms with Gasteiger partial charge in [0.15, 0.2) is 12.2 Å². The van der Waals surface area contributed by atoms with Gasteiger partial charge in [-0.2, -0.15) is 0 Å². The second kappa shape index (κ2) is 65.7. The van der Waals surface area contributed by atoms with E-state index in [1.54, 1.807) is 0 Å². The minimum absolute atomic E-state index is 0.101. The number of ether oxygens (including phenoxy) is 4. The van der Waals surface area contributed by atoms with Crippen LogP contribution in [0.25, 0.3) is 0 Å². The summed E-state index contributed by atoms with van der Waals surface area (Å²) in [4.78, 5) is 72.4. The number of aliphatic hydroxyl groups is 1. The van der Waals surface area contributed by atoms with Crippen molar-refractivity contribution < 1.29 is 80.2 Å². The van der Waals surface area contributed by atoms with Gasteiger partial charge >= 0.3 is 39.5 Å². The lowest BCUT2D eigenvalue weighted by Crippen LogP contribution is -2.30. The number of carbonyl (C=O) groups excluding carboxylic acids is 4. The second-order valence-electron chi connectivity index (χ2n) is 28.2. The van der Waals surface area contributed by atoms with Gasteiger partial charge in [0.05, 0.1) is 26.4 Å². The monoisotopic (exact) mass is 1380 g/mol. The van der Waals surface area contributed by atoms with E-state index in [2.05, 4.69) is 48.5 Å². The summed E-state index contributed by atoms with van der Waals surface area (Å²) < 4.78 is 68.1. The van der Waals surface area contributed by atoms with Crippen molar-refractivity contribution in [1.82, 2.24) is 0 Å². The van der Waals surface area contributed by atoms with E-state index in [4.69, 9.17) is 37.0 Å². The maximum atomic E-state index is 13.1. The molecule has 0 amide bonds. The normalized spacial score (nSPS) is 14.4. The molecule has 19 heteroatoms. The first kappa shape index (κ1) is 92.1. The summed E-state index contributed by atoms with van der Waals surface area (Å²) in [6.45, 7) is 11.8. The summed E-state index contributed by atoms with van der Waals surface area (Å²) in [5.74, 6) is 0.211.